The highest BCUT2D eigenvalue weighted by atomic mass is 32.2. The number of thiophene rings is 1. The number of hydrogen-bond donors (Lipinski definition) is 2. The largest absolute Gasteiger partial charge is 0.367 e. The van der Waals surface area contributed by atoms with E-state index in [1.807, 2.05) is 24.3 Å². The number of hydrogen-bond acceptors (Lipinski definition) is 5. The molecular formula is C21H21N3O3S2. The predicted octanol–water partition coefficient (Wildman–Crippen LogP) is 2.89. The summed E-state index contributed by atoms with van der Waals surface area (Å²) < 4.78 is 22.8. The van der Waals surface area contributed by atoms with Crippen LogP contribution in [-0.2, 0) is 29.5 Å². The highest BCUT2D eigenvalue weighted by Crippen LogP contribution is 2.25. The van der Waals surface area contributed by atoms with Gasteiger partial charge >= 0.3 is 0 Å². The van der Waals surface area contributed by atoms with Crippen LogP contribution in [0.25, 0.3) is 0 Å². The van der Waals surface area contributed by atoms with Crippen LogP contribution >= 0.6 is 11.3 Å². The molecule has 150 valence electrons. The number of primary sulfonamides is 1. The zero-order valence-electron chi connectivity index (χ0n) is 15.7. The second kappa shape index (κ2) is 7.98. The SMILES string of the molecule is NS(=O)(=O)c1ccc(CNC(=O)c2ccc(N3CCc4ccccc4C3)cc2)s1. The van der Waals surface area contributed by atoms with Crippen LogP contribution in [0.4, 0.5) is 5.69 Å². The molecule has 2 aromatic carbocycles. The lowest BCUT2D eigenvalue weighted by atomic mass is 9.99. The van der Waals surface area contributed by atoms with Gasteiger partial charge in [-0.2, -0.15) is 0 Å². The molecule has 2 heterocycles. The van der Waals surface area contributed by atoms with Crippen LogP contribution in [-0.4, -0.2) is 20.9 Å². The first-order valence-corrected chi connectivity index (χ1v) is 11.6. The van der Waals surface area contributed by atoms with Gasteiger partial charge in [-0.05, 0) is 53.9 Å². The molecule has 3 N–H and O–H groups in total. The maximum Gasteiger partial charge on any atom is 0.251 e. The number of nitrogens with one attached hydrogen (secondary N) is 1. The first kappa shape index (κ1) is 19.6. The highest BCUT2D eigenvalue weighted by molar-refractivity contribution is 7.91. The minimum absolute atomic E-state index is 0.0919. The fourth-order valence-electron chi connectivity index (χ4n) is 3.42. The Morgan fingerprint density at radius 1 is 1.03 bits per heavy atom. The van der Waals surface area contributed by atoms with E-state index in [-0.39, 0.29) is 16.7 Å². The smallest absolute Gasteiger partial charge is 0.251 e. The molecule has 3 aromatic rings. The van der Waals surface area contributed by atoms with Gasteiger partial charge in [0, 0.05) is 29.2 Å². The van der Waals surface area contributed by atoms with Crippen molar-refractivity contribution < 1.29 is 13.2 Å². The lowest BCUT2D eigenvalue weighted by Gasteiger charge is -2.30. The molecule has 0 unspecified atom stereocenters. The average molecular weight is 428 g/mol. The Labute approximate surface area is 174 Å². The van der Waals surface area contributed by atoms with E-state index < -0.39 is 10.0 Å². The first-order valence-electron chi connectivity index (χ1n) is 9.22. The Bertz CT molecular complexity index is 1140. The molecule has 0 atom stereocenters. The van der Waals surface area contributed by atoms with Crippen LogP contribution in [0.1, 0.15) is 26.4 Å². The van der Waals surface area contributed by atoms with Crippen molar-refractivity contribution in [1.82, 2.24) is 5.32 Å². The standard InChI is InChI=1S/C21H21N3O3S2/c22-29(26,27)20-10-9-19(28-20)13-23-21(25)16-5-7-18(8-6-16)24-12-11-15-3-1-2-4-17(15)14-24/h1-10H,11-14H2,(H,23,25)(H2,22,26,27). The number of amides is 1. The Morgan fingerprint density at radius 3 is 2.45 bits per heavy atom. The first-order chi connectivity index (χ1) is 13.9. The van der Waals surface area contributed by atoms with Crippen molar-refractivity contribution in [3.63, 3.8) is 0 Å². The number of sulfonamides is 1. The van der Waals surface area contributed by atoms with Gasteiger partial charge in [0.15, 0.2) is 0 Å². The summed E-state index contributed by atoms with van der Waals surface area (Å²) in [6.45, 7) is 2.07. The monoisotopic (exact) mass is 427 g/mol. The zero-order valence-corrected chi connectivity index (χ0v) is 17.3. The number of nitrogens with two attached hydrogens (primary N) is 1. The van der Waals surface area contributed by atoms with E-state index in [4.69, 9.17) is 5.14 Å². The van der Waals surface area contributed by atoms with E-state index in [0.717, 1.165) is 41.4 Å². The lowest BCUT2D eigenvalue weighted by Crippen LogP contribution is -2.30. The van der Waals surface area contributed by atoms with Gasteiger partial charge in [-0.15, -0.1) is 11.3 Å². The number of carbonyl (C=O) groups excluding carboxylic acids is 1. The summed E-state index contributed by atoms with van der Waals surface area (Å²) in [5, 5.41) is 7.92. The van der Waals surface area contributed by atoms with Gasteiger partial charge in [-0.25, -0.2) is 13.6 Å². The van der Waals surface area contributed by atoms with Gasteiger partial charge in [-0.3, -0.25) is 4.79 Å². The highest BCUT2D eigenvalue weighted by Gasteiger charge is 2.17. The van der Waals surface area contributed by atoms with Crippen LogP contribution in [0, 0.1) is 0 Å². The van der Waals surface area contributed by atoms with Crippen molar-refractivity contribution in [3.8, 4) is 0 Å². The minimum atomic E-state index is -3.71. The number of nitrogens with zero attached hydrogens (tertiary/aromatic N) is 1. The molecule has 0 aliphatic carbocycles. The van der Waals surface area contributed by atoms with Crippen molar-refractivity contribution in [2.24, 2.45) is 5.14 Å². The normalized spacial score (nSPS) is 13.8. The number of carbonyl (C=O) groups is 1. The molecule has 4 rings (SSSR count). The average Bonchev–Trinajstić information content (AvgIpc) is 3.21. The molecule has 1 aliphatic rings. The minimum Gasteiger partial charge on any atom is -0.367 e. The number of anilines is 1. The van der Waals surface area contributed by atoms with Gasteiger partial charge in [0.25, 0.3) is 5.91 Å². The van der Waals surface area contributed by atoms with E-state index in [9.17, 15) is 13.2 Å². The summed E-state index contributed by atoms with van der Waals surface area (Å²) in [7, 11) is -3.71. The Kier molecular flexibility index (Phi) is 5.40. The fourth-order valence-corrected chi connectivity index (χ4v) is 5.13. The third-order valence-corrected chi connectivity index (χ3v) is 7.49. The van der Waals surface area contributed by atoms with Crippen molar-refractivity contribution >= 4 is 33.0 Å². The number of benzene rings is 2. The third-order valence-electron chi connectivity index (χ3n) is 4.97. The van der Waals surface area contributed by atoms with Gasteiger partial charge in [0.1, 0.15) is 4.21 Å². The molecular weight excluding hydrogens is 406 g/mol. The maximum atomic E-state index is 12.4. The summed E-state index contributed by atoms with van der Waals surface area (Å²) in [5.74, 6) is -0.203. The Morgan fingerprint density at radius 2 is 1.76 bits per heavy atom. The zero-order chi connectivity index (χ0) is 20.4. The molecule has 0 saturated carbocycles. The molecule has 6 nitrogen and oxygen atoms in total. The molecule has 0 fully saturated rings. The molecule has 0 saturated heterocycles. The molecule has 1 aliphatic heterocycles. The van der Waals surface area contributed by atoms with Crippen LogP contribution in [0.15, 0.2) is 64.9 Å². The van der Waals surface area contributed by atoms with Gasteiger partial charge in [0.2, 0.25) is 10.0 Å². The summed E-state index contributed by atoms with van der Waals surface area (Å²) in [6.07, 6.45) is 1.01. The van der Waals surface area contributed by atoms with Gasteiger partial charge < -0.3 is 10.2 Å². The fraction of sp³-hybridized carbons (Fsp3) is 0.190. The summed E-state index contributed by atoms with van der Waals surface area (Å²) >= 11 is 1.06. The van der Waals surface area contributed by atoms with E-state index in [1.165, 1.54) is 17.2 Å². The van der Waals surface area contributed by atoms with E-state index >= 15 is 0 Å². The van der Waals surface area contributed by atoms with Crippen LogP contribution in [0.2, 0.25) is 0 Å². The lowest BCUT2D eigenvalue weighted by molar-refractivity contribution is 0.0951. The van der Waals surface area contributed by atoms with Crippen molar-refractivity contribution in [2.75, 3.05) is 11.4 Å². The predicted molar refractivity (Wildman–Crippen MR) is 115 cm³/mol. The molecule has 0 bridgehead atoms. The number of rotatable bonds is 5. The van der Waals surface area contributed by atoms with E-state index in [1.54, 1.807) is 6.07 Å². The number of fused-ring (bicyclic) bond motifs is 1. The van der Waals surface area contributed by atoms with Crippen molar-refractivity contribution in [3.05, 3.63) is 82.2 Å². The van der Waals surface area contributed by atoms with Crippen LogP contribution in [0.5, 0.6) is 0 Å². The van der Waals surface area contributed by atoms with Crippen molar-refractivity contribution in [1.29, 1.82) is 0 Å². The second-order valence-electron chi connectivity index (χ2n) is 6.94. The molecule has 0 radical (unpaired) electrons. The van der Waals surface area contributed by atoms with Crippen LogP contribution < -0.4 is 15.4 Å². The third kappa shape index (κ3) is 4.50. The maximum absolute atomic E-state index is 12.4. The van der Waals surface area contributed by atoms with Crippen molar-refractivity contribution in [2.45, 2.75) is 23.7 Å². The van der Waals surface area contributed by atoms with Gasteiger partial charge in [-0.1, -0.05) is 24.3 Å². The second-order valence-corrected chi connectivity index (χ2v) is 9.89. The molecule has 1 aromatic heterocycles. The van der Waals surface area contributed by atoms with E-state index in [0.29, 0.717) is 5.56 Å². The Hall–Kier alpha value is -2.68. The van der Waals surface area contributed by atoms with Gasteiger partial charge in [0.05, 0.1) is 6.54 Å². The summed E-state index contributed by atoms with van der Waals surface area (Å²) in [4.78, 5) is 15.4. The van der Waals surface area contributed by atoms with E-state index in [2.05, 4.69) is 34.5 Å². The molecule has 8 heteroatoms. The molecule has 1 amide bonds. The summed E-state index contributed by atoms with van der Waals surface area (Å²) in [5.41, 5.74) is 4.40. The molecule has 29 heavy (non-hydrogen) atoms. The Balaban J connectivity index is 1.38. The van der Waals surface area contributed by atoms with Crippen LogP contribution in [0.3, 0.4) is 0 Å². The summed E-state index contributed by atoms with van der Waals surface area (Å²) in [6, 6.07) is 19.2. The quantitative estimate of drug-likeness (QED) is 0.655. The molecule has 0 spiro atoms. The topological polar surface area (TPSA) is 92.5 Å².